The maximum absolute atomic E-state index is 11.6. The zero-order valence-corrected chi connectivity index (χ0v) is 12.5. The van der Waals surface area contributed by atoms with E-state index in [1.165, 1.54) is 11.1 Å². The minimum Gasteiger partial charge on any atom is -0.308 e. The Kier molecular flexibility index (Phi) is 4.40. The van der Waals surface area contributed by atoms with Crippen LogP contribution in [0, 0.1) is 6.92 Å². The second-order valence-electron chi connectivity index (χ2n) is 5.06. The van der Waals surface area contributed by atoms with E-state index in [-0.39, 0.29) is 5.25 Å². The Morgan fingerprint density at radius 1 is 1.50 bits per heavy atom. The van der Waals surface area contributed by atoms with Gasteiger partial charge in [0.05, 0.1) is 5.25 Å². The van der Waals surface area contributed by atoms with Crippen LogP contribution in [0.2, 0.25) is 0 Å². The van der Waals surface area contributed by atoms with Crippen LogP contribution in [-0.2, 0) is 16.4 Å². The number of aryl methyl sites for hydroxylation is 1. The van der Waals surface area contributed by atoms with E-state index in [2.05, 4.69) is 10.3 Å². The molecule has 1 heterocycles. The van der Waals surface area contributed by atoms with Gasteiger partial charge in [-0.15, -0.1) is 11.3 Å². The first-order chi connectivity index (χ1) is 8.45. The van der Waals surface area contributed by atoms with Crippen molar-refractivity contribution in [1.29, 1.82) is 0 Å². The number of aromatic nitrogens is 1. The number of sulfone groups is 1. The van der Waals surface area contributed by atoms with Crippen LogP contribution in [0.5, 0.6) is 0 Å². The van der Waals surface area contributed by atoms with Gasteiger partial charge in [0, 0.05) is 29.9 Å². The van der Waals surface area contributed by atoms with Crippen LogP contribution < -0.4 is 5.32 Å². The maximum Gasteiger partial charge on any atom is 0.150 e. The monoisotopic (exact) mass is 288 g/mol. The predicted molar refractivity (Wildman–Crippen MR) is 74.6 cm³/mol. The molecule has 1 aliphatic rings. The highest BCUT2D eigenvalue weighted by molar-refractivity contribution is 7.91. The first-order valence-corrected chi connectivity index (χ1v) is 9.06. The van der Waals surface area contributed by atoms with Crippen LogP contribution in [0.1, 0.15) is 35.6 Å². The van der Waals surface area contributed by atoms with Crippen LogP contribution in [0.4, 0.5) is 0 Å². The van der Waals surface area contributed by atoms with E-state index in [9.17, 15) is 8.42 Å². The molecular weight excluding hydrogens is 268 g/mol. The normalized spacial score (nSPS) is 25.2. The molecule has 0 unspecified atom stereocenters. The molecule has 2 atom stereocenters. The summed E-state index contributed by atoms with van der Waals surface area (Å²) in [7, 11) is -2.89. The number of nitrogens with one attached hydrogen (secondary N) is 1. The molecule has 1 aromatic rings. The molecule has 0 aliphatic heterocycles. The minimum absolute atomic E-state index is 0.165. The number of hydrogen-bond acceptors (Lipinski definition) is 5. The highest BCUT2D eigenvalue weighted by Crippen LogP contribution is 2.24. The molecule has 0 amide bonds. The molecule has 1 N–H and O–H groups in total. The number of hydrogen-bond donors (Lipinski definition) is 1. The fraction of sp³-hybridized carbons (Fsp3) is 0.750. The van der Waals surface area contributed by atoms with Crippen molar-refractivity contribution in [1.82, 2.24) is 10.3 Å². The van der Waals surface area contributed by atoms with E-state index in [4.69, 9.17) is 0 Å². The number of rotatable bonds is 4. The van der Waals surface area contributed by atoms with E-state index in [0.29, 0.717) is 6.04 Å². The third-order valence-corrected chi connectivity index (χ3v) is 5.99. The smallest absolute Gasteiger partial charge is 0.150 e. The molecule has 1 aromatic heterocycles. The quantitative estimate of drug-likeness (QED) is 0.919. The topological polar surface area (TPSA) is 59.1 Å². The zero-order valence-electron chi connectivity index (χ0n) is 10.8. The lowest BCUT2D eigenvalue weighted by Crippen LogP contribution is -2.38. The van der Waals surface area contributed by atoms with Crippen molar-refractivity contribution >= 4 is 21.2 Å². The highest BCUT2D eigenvalue weighted by atomic mass is 32.2. The summed E-state index contributed by atoms with van der Waals surface area (Å²) in [5.41, 5.74) is 0. The van der Waals surface area contributed by atoms with Crippen LogP contribution >= 0.6 is 11.3 Å². The molecule has 1 saturated carbocycles. The molecule has 0 spiro atoms. The van der Waals surface area contributed by atoms with Crippen LogP contribution in [0.25, 0.3) is 0 Å². The van der Waals surface area contributed by atoms with Gasteiger partial charge in [0.25, 0.3) is 0 Å². The first kappa shape index (κ1) is 14.0. The average molecular weight is 288 g/mol. The molecule has 0 saturated heterocycles. The SMILES string of the molecule is Cc1cnc(CN[C@@H]2CCC[C@@H](S(C)(=O)=O)C2)s1. The predicted octanol–water partition coefficient (Wildman–Crippen LogP) is 1.90. The van der Waals surface area contributed by atoms with Gasteiger partial charge in [-0.25, -0.2) is 13.4 Å². The largest absolute Gasteiger partial charge is 0.308 e. The van der Waals surface area contributed by atoms with Gasteiger partial charge in [-0.05, 0) is 26.2 Å². The van der Waals surface area contributed by atoms with Gasteiger partial charge in [-0.2, -0.15) is 0 Å². The van der Waals surface area contributed by atoms with Gasteiger partial charge in [0.1, 0.15) is 14.8 Å². The summed E-state index contributed by atoms with van der Waals surface area (Å²) >= 11 is 1.69. The number of nitrogens with zero attached hydrogens (tertiary/aromatic N) is 1. The third kappa shape index (κ3) is 3.76. The van der Waals surface area contributed by atoms with Crippen molar-refractivity contribution < 1.29 is 8.42 Å². The maximum atomic E-state index is 11.6. The third-order valence-electron chi connectivity index (χ3n) is 3.44. The van der Waals surface area contributed by atoms with Gasteiger partial charge in [-0.1, -0.05) is 6.42 Å². The summed E-state index contributed by atoms with van der Waals surface area (Å²) in [5, 5.41) is 4.35. The molecule has 6 heteroatoms. The summed E-state index contributed by atoms with van der Waals surface area (Å²) in [6, 6.07) is 0.308. The first-order valence-electron chi connectivity index (χ1n) is 6.28. The molecule has 18 heavy (non-hydrogen) atoms. The molecule has 2 rings (SSSR count). The molecule has 0 bridgehead atoms. The van der Waals surface area contributed by atoms with Gasteiger partial charge in [0.2, 0.25) is 0 Å². The van der Waals surface area contributed by atoms with Crippen molar-refractivity contribution in [3.63, 3.8) is 0 Å². The van der Waals surface area contributed by atoms with Crippen molar-refractivity contribution in [2.75, 3.05) is 6.26 Å². The Balaban J connectivity index is 1.86. The lowest BCUT2D eigenvalue weighted by atomic mass is 9.95. The Morgan fingerprint density at radius 3 is 2.89 bits per heavy atom. The molecule has 0 aromatic carbocycles. The summed E-state index contributed by atoms with van der Waals surface area (Å²) in [4.78, 5) is 5.52. The molecule has 1 aliphatic carbocycles. The van der Waals surface area contributed by atoms with Crippen LogP contribution in [0.15, 0.2) is 6.20 Å². The van der Waals surface area contributed by atoms with Crippen molar-refractivity contribution in [2.24, 2.45) is 0 Å². The lowest BCUT2D eigenvalue weighted by molar-refractivity contribution is 0.371. The summed E-state index contributed by atoms with van der Waals surface area (Å²) in [5.74, 6) is 0. The molecule has 1 fully saturated rings. The van der Waals surface area contributed by atoms with Crippen molar-refractivity contribution in [3.05, 3.63) is 16.1 Å². The molecular formula is C12H20N2O2S2. The minimum atomic E-state index is -2.89. The molecule has 0 radical (unpaired) electrons. The second kappa shape index (κ2) is 5.67. The van der Waals surface area contributed by atoms with E-state index in [1.807, 2.05) is 13.1 Å². The Bertz CT molecular complexity index is 496. The average Bonchev–Trinajstić information content (AvgIpc) is 2.72. The Morgan fingerprint density at radius 2 is 2.28 bits per heavy atom. The summed E-state index contributed by atoms with van der Waals surface area (Å²) in [6.07, 6.45) is 6.84. The van der Waals surface area contributed by atoms with Crippen LogP contribution in [-0.4, -0.2) is 30.9 Å². The molecule has 4 nitrogen and oxygen atoms in total. The van der Waals surface area contributed by atoms with Crippen molar-refractivity contribution in [3.8, 4) is 0 Å². The molecule has 102 valence electrons. The lowest BCUT2D eigenvalue weighted by Gasteiger charge is -2.28. The van der Waals surface area contributed by atoms with Gasteiger partial charge < -0.3 is 5.32 Å². The fourth-order valence-electron chi connectivity index (χ4n) is 2.43. The van der Waals surface area contributed by atoms with E-state index in [0.717, 1.165) is 37.2 Å². The van der Waals surface area contributed by atoms with Gasteiger partial charge in [0.15, 0.2) is 0 Å². The second-order valence-corrected chi connectivity index (χ2v) is 8.71. The highest BCUT2D eigenvalue weighted by Gasteiger charge is 2.28. The fourth-order valence-corrected chi connectivity index (χ4v) is 4.35. The zero-order chi connectivity index (χ0) is 13.2. The van der Waals surface area contributed by atoms with Gasteiger partial charge in [-0.3, -0.25) is 0 Å². The van der Waals surface area contributed by atoms with Crippen LogP contribution in [0.3, 0.4) is 0 Å². The summed E-state index contributed by atoms with van der Waals surface area (Å²) < 4.78 is 23.1. The van der Waals surface area contributed by atoms with E-state index < -0.39 is 9.84 Å². The standard InChI is InChI=1S/C12H20N2O2S2/c1-9-7-14-12(17-9)8-13-10-4-3-5-11(6-10)18(2,15)16/h7,10-11,13H,3-6,8H2,1-2H3/t10-,11-/m1/s1. The Labute approximate surface area is 113 Å². The summed E-state index contributed by atoms with van der Waals surface area (Å²) in [6.45, 7) is 2.79. The van der Waals surface area contributed by atoms with Gasteiger partial charge >= 0.3 is 0 Å². The Hall–Kier alpha value is -0.460. The van der Waals surface area contributed by atoms with E-state index >= 15 is 0 Å². The van der Waals surface area contributed by atoms with Crippen molar-refractivity contribution in [2.45, 2.75) is 50.4 Å². The van der Waals surface area contributed by atoms with E-state index in [1.54, 1.807) is 11.3 Å². The number of thiazole rings is 1.